The van der Waals surface area contributed by atoms with Crippen molar-refractivity contribution in [3.05, 3.63) is 65.4 Å². The van der Waals surface area contributed by atoms with E-state index in [1.807, 2.05) is 30.5 Å². The summed E-state index contributed by atoms with van der Waals surface area (Å²) in [6.07, 6.45) is 4.56. The van der Waals surface area contributed by atoms with E-state index in [2.05, 4.69) is 45.8 Å². The van der Waals surface area contributed by atoms with Crippen molar-refractivity contribution in [1.82, 2.24) is 15.6 Å². The fourth-order valence-electron chi connectivity index (χ4n) is 4.24. The van der Waals surface area contributed by atoms with Crippen LogP contribution in [0.1, 0.15) is 30.0 Å². The average Bonchev–Trinajstić information content (AvgIpc) is 3.14. The number of nitrogens with one attached hydrogen (secondary N) is 3. The Morgan fingerprint density at radius 3 is 2.87 bits per heavy atom. The molecule has 0 fully saturated rings. The SMILES string of the molecule is CC(=O)NC(Cc1c[nH]c2ccccc12)C(=O)NCc1ccc2c(c1)CCCN2C. The first-order valence-corrected chi connectivity index (χ1v) is 10.4. The highest BCUT2D eigenvalue weighted by Gasteiger charge is 2.21. The maximum atomic E-state index is 12.9. The lowest BCUT2D eigenvalue weighted by molar-refractivity contribution is -0.128. The summed E-state index contributed by atoms with van der Waals surface area (Å²) in [7, 11) is 2.11. The summed E-state index contributed by atoms with van der Waals surface area (Å²) in [6.45, 7) is 2.96. The third kappa shape index (κ3) is 4.32. The van der Waals surface area contributed by atoms with Crippen molar-refractivity contribution in [1.29, 1.82) is 0 Å². The summed E-state index contributed by atoms with van der Waals surface area (Å²) >= 11 is 0. The molecule has 1 unspecified atom stereocenters. The standard InChI is InChI=1S/C24H28N4O2/c1-16(29)27-22(13-19-15-25-21-8-4-3-7-20(19)21)24(30)26-14-17-9-10-23-18(12-17)6-5-11-28(23)2/h3-4,7-10,12,15,22,25H,5-6,11,13-14H2,1-2H3,(H,26,30)(H,27,29). The molecule has 4 rings (SSSR count). The van der Waals surface area contributed by atoms with Crippen LogP contribution in [0.4, 0.5) is 5.69 Å². The van der Waals surface area contributed by atoms with Gasteiger partial charge in [-0.15, -0.1) is 0 Å². The van der Waals surface area contributed by atoms with Gasteiger partial charge in [0, 0.05) is 56.3 Å². The fourth-order valence-corrected chi connectivity index (χ4v) is 4.24. The summed E-state index contributed by atoms with van der Waals surface area (Å²) in [5.41, 5.74) is 5.70. The molecule has 2 aromatic carbocycles. The van der Waals surface area contributed by atoms with Gasteiger partial charge in [-0.2, -0.15) is 0 Å². The zero-order valence-electron chi connectivity index (χ0n) is 17.5. The number of aromatic amines is 1. The van der Waals surface area contributed by atoms with Crippen molar-refractivity contribution in [2.24, 2.45) is 0 Å². The molecule has 0 aliphatic carbocycles. The van der Waals surface area contributed by atoms with Crippen LogP contribution in [0.15, 0.2) is 48.7 Å². The number of fused-ring (bicyclic) bond motifs is 2. The molecule has 0 bridgehead atoms. The van der Waals surface area contributed by atoms with Crippen LogP contribution in [0.2, 0.25) is 0 Å². The first-order chi connectivity index (χ1) is 14.5. The molecule has 0 radical (unpaired) electrons. The van der Waals surface area contributed by atoms with E-state index in [0.717, 1.165) is 41.4 Å². The number of rotatable bonds is 6. The molecular formula is C24H28N4O2. The Morgan fingerprint density at radius 1 is 1.20 bits per heavy atom. The van der Waals surface area contributed by atoms with Gasteiger partial charge in [-0.25, -0.2) is 0 Å². The monoisotopic (exact) mass is 404 g/mol. The third-order valence-corrected chi connectivity index (χ3v) is 5.75. The van der Waals surface area contributed by atoms with Crippen LogP contribution in [0, 0.1) is 0 Å². The van der Waals surface area contributed by atoms with E-state index >= 15 is 0 Å². The molecule has 0 saturated heterocycles. The lowest BCUT2D eigenvalue weighted by Gasteiger charge is -2.28. The highest BCUT2D eigenvalue weighted by Crippen LogP contribution is 2.26. The van der Waals surface area contributed by atoms with E-state index in [9.17, 15) is 9.59 Å². The number of hydrogen-bond acceptors (Lipinski definition) is 3. The lowest BCUT2D eigenvalue weighted by Crippen LogP contribution is -2.47. The van der Waals surface area contributed by atoms with Crippen LogP contribution in [0.5, 0.6) is 0 Å². The fraction of sp³-hybridized carbons (Fsp3) is 0.333. The number of anilines is 1. The van der Waals surface area contributed by atoms with Crippen molar-refractivity contribution in [3.63, 3.8) is 0 Å². The predicted octanol–water partition coefficient (Wildman–Crippen LogP) is 2.91. The molecule has 3 N–H and O–H groups in total. The third-order valence-electron chi connectivity index (χ3n) is 5.75. The minimum absolute atomic E-state index is 0.176. The Labute approximate surface area is 176 Å². The summed E-state index contributed by atoms with van der Waals surface area (Å²) in [4.78, 5) is 30.1. The van der Waals surface area contributed by atoms with Crippen molar-refractivity contribution in [2.45, 2.75) is 38.8 Å². The van der Waals surface area contributed by atoms with Crippen molar-refractivity contribution in [2.75, 3.05) is 18.5 Å². The lowest BCUT2D eigenvalue weighted by atomic mass is 9.99. The van der Waals surface area contributed by atoms with Crippen molar-refractivity contribution in [3.8, 4) is 0 Å². The normalized spacial score (nSPS) is 14.3. The minimum Gasteiger partial charge on any atom is -0.374 e. The van der Waals surface area contributed by atoms with E-state index in [-0.39, 0.29) is 11.8 Å². The number of carbonyl (C=O) groups is 2. The van der Waals surface area contributed by atoms with Gasteiger partial charge in [0.15, 0.2) is 0 Å². The van der Waals surface area contributed by atoms with Crippen LogP contribution in [-0.2, 0) is 29.0 Å². The van der Waals surface area contributed by atoms with Crippen LogP contribution in [0.25, 0.3) is 10.9 Å². The number of amides is 2. The molecule has 6 heteroatoms. The van der Waals surface area contributed by atoms with E-state index in [4.69, 9.17) is 0 Å². The van der Waals surface area contributed by atoms with Gasteiger partial charge in [0.1, 0.15) is 6.04 Å². The molecule has 1 aliphatic heterocycles. The number of aromatic nitrogens is 1. The molecular weight excluding hydrogens is 376 g/mol. The van der Waals surface area contributed by atoms with Crippen LogP contribution in [0.3, 0.4) is 0 Å². The number of nitrogens with zero attached hydrogens (tertiary/aromatic N) is 1. The van der Waals surface area contributed by atoms with Gasteiger partial charge < -0.3 is 20.5 Å². The number of hydrogen-bond donors (Lipinski definition) is 3. The molecule has 0 spiro atoms. The Morgan fingerprint density at radius 2 is 2.03 bits per heavy atom. The zero-order valence-corrected chi connectivity index (χ0v) is 17.5. The van der Waals surface area contributed by atoms with Gasteiger partial charge in [-0.1, -0.05) is 30.3 Å². The Balaban J connectivity index is 1.45. The van der Waals surface area contributed by atoms with E-state index < -0.39 is 6.04 Å². The first kappa shape index (κ1) is 20.0. The summed E-state index contributed by atoms with van der Waals surface area (Å²) < 4.78 is 0. The first-order valence-electron chi connectivity index (χ1n) is 10.4. The van der Waals surface area contributed by atoms with Gasteiger partial charge in [-0.05, 0) is 41.7 Å². The van der Waals surface area contributed by atoms with Gasteiger partial charge in [-0.3, -0.25) is 9.59 Å². The highest BCUT2D eigenvalue weighted by atomic mass is 16.2. The number of carbonyl (C=O) groups excluding carboxylic acids is 2. The summed E-state index contributed by atoms with van der Waals surface area (Å²) in [5, 5.41) is 6.88. The van der Waals surface area contributed by atoms with Crippen LogP contribution >= 0.6 is 0 Å². The maximum Gasteiger partial charge on any atom is 0.243 e. The molecule has 1 atom stereocenters. The smallest absolute Gasteiger partial charge is 0.243 e. The summed E-state index contributed by atoms with van der Waals surface area (Å²) in [5.74, 6) is -0.392. The molecule has 6 nitrogen and oxygen atoms in total. The molecule has 156 valence electrons. The Hall–Kier alpha value is -3.28. The Kier molecular flexibility index (Phi) is 5.74. The Bertz CT molecular complexity index is 1070. The van der Waals surface area contributed by atoms with Crippen molar-refractivity contribution >= 4 is 28.4 Å². The van der Waals surface area contributed by atoms with Crippen molar-refractivity contribution < 1.29 is 9.59 Å². The largest absolute Gasteiger partial charge is 0.374 e. The number of benzene rings is 2. The highest BCUT2D eigenvalue weighted by molar-refractivity contribution is 5.89. The van der Waals surface area contributed by atoms with Gasteiger partial charge >= 0.3 is 0 Å². The number of aryl methyl sites for hydroxylation is 1. The molecule has 1 aliphatic rings. The van der Waals surface area contributed by atoms with Gasteiger partial charge in [0.25, 0.3) is 0 Å². The second kappa shape index (κ2) is 8.61. The molecule has 30 heavy (non-hydrogen) atoms. The molecule has 2 heterocycles. The minimum atomic E-state index is -0.620. The number of H-pyrrole nitrogens is 1. The topological polar surface area (TPSA) is 77.2 Å². The van der Waals surface area contributed by atoms with Gasteiger partial charge in [0.2, 0.25) is 11.8 Å². The van der Waals surface area contributed by atoms with Crippen LogP contribution in [-0.4, -0.2) is 36.4 Å². The quantitative estimate of drug-likeness (QED) is 0.591. The molecule has 3 aromatic rings. The predicted molar refractivity (Wildman–Crippen MR) is 119 cm³/mol. The maximum absolute atomic E-state index is 12.9. The zero-order chi connectivity index (χ0) is 21.1. The van der Waals surface area contributed by atoms with E-state index in [1.165, 1.54) is 18.2 Å². The van der Waals surface area contributed by atoms with Crippen LogP contribution < -0.4 is 15.5 Å². The second-order valence-electron chi connectivity index (χ2n) is 8.02. The molecule has 2 amide bonds. The molecule has 1 aromatic heterocycles. The summed E-state index contributed by atoms with van der Waals surface area (Å²) in [6, 6.07) is 13.7. The molecule has 0 saturated carbocycles. The van der Waals surface area contributed by atoms with Gasteiger partial charge in [0.05, 0.1) is 0 Å². The van der Waals surface area contributed by atoms with E-state index in [1.54, 1.807) is 0 Å². The average molecular weight is 405 g/mol. The second-order valence-corrected chi connectivity index (χ2v) is 8.02. The van der Waals surface area contributed by atoms with E-state index in [0.29, 0.717) is 13.0 Å². The number of para-hydroxylation sites is 1.